The highest BCUT2D eigenvalue weighted by Crippen LogP contribution is 2.23. The van der Waals surface area contributed by atoms with Crippen LogP contribution in [0.2, 0.25) is 0 Å². The molecule has 2 atom stereocenters. The predicted octanol–water partition coefficient (Wildman–Crippen LogP) is 2.37. The molecular formula is C10H20O2. The minimum atomic E-state index is 0.372. The summed E-state index contributed by atoms with van der Waals surface area (Å²) in [5.74, 6) is 0. The van der Waals surface area contributed by atoms with Gasteiger partial charge in [0.1, 0.15) is 0 Å². The van der Waals surface area contributed by atoms with Gasteiger partial charge in [-0.2, -0.15) is 0 Å². The van der Waals surface area contributed by atoms with Crippen LogP contribution >= 0.6 is 0 Å². The Balaban J connectivity index is 2.08. The second-order valence-corrected chi connectivity index (χ2v) is 3.56. The quantitative estimate of drug-likeness (QED) is 0.634. The zero-order valence-corrected chi connectivity index (χ0v) is 8.21. The molecule has 1 heterocycles. The summed E-state index contributed by atoms with van der Waals surface area (Å²) in [6, 6.07) is 0. The molecule has 2 unspecified atom stereocenters. The van der Waals surface area contributed by atoms with E-state index in [2.05, 4.69) is 6.92 Å². The van der Waals surface area contributed by atoms with E-state index in [1.807, 2.05) is 0 Å². The van der Waals surface area contributed by atoms with Crippen LogP contribution in [-0.4, -0.2) is 25.9 Å². The lowest BCUT2D eigenvalue weighted by Crippen LogP contribution is -2.15. The molecule has 0 saturated carbocycles. The van der Waals surface area contributed by atoms with E-state index in [0.717, 1.165) is 6.61 Å². The van der Waals surface area contributed by atoms with Gasteiger partial charge in [0.2, 0.25) is 0 Å². The van der Waals surface area contributed by atoms with Crippen LogP contribution in [0.15, 0.2) is 0 Å². The van der Waals surface area contributed by atoms with Crippen molar-refractivity contribution < 1.29 is 9.47 Å². The number of methoxy groups -OCH3 is 1. The van der Waals surface area contributed by atoms with E-state index >= 15 is 0 Å². The van der Waals surface area contributed by atoms with Crippen LogP contribution in [0.5, 0.6) is 0 Å². The number of hydrogen-bond acceptors (Lipinski definition) is 2. The summed E-state index contributed by atoms with van der Waals surface area (Å²) in [6.07, 6.45) is 7.11. The van der Waals surface area contributed by atoms with E-state index < -0.39 is 0 Å². The van der Waals surface area contributed by atoms with E-state index in [4.69, 9.17) is 9.47 Å². The molecule has 0 aromatic carbocycles. The van der Waals surface area contributed by atoms with Crippen molar-refractivity contribution in [3.63, 3.8) is 0 Å². The van der Waals surface area contributed by atoms with Gasteiger partial charge in [0, 0.05) is 7.11 Å². The molecule has 0 aliphatic carbocycles. The van der Waals surface area contributed by atoms with Gasteiger partial charge in [-0.15, -0.1) is 0 Å². The second kappa shape index (κ2) is 5.55. The topological polar surface area (TPSA) is 18.5 Å². The van der Waals surface area contributed by atoms with Crippen molar-refractivity contribution >= 4 is 0 Å². The van der Waals surface area contributed by atoms with Crippen LogP contribution in [0.4, 0.5) is 0 Å². The van der Waals surface area contributed by atoms with Gasteiger partial charge in [0.05, 0.1) is 18.8 Å². The maximum atomic E-state index is 5.78. The maximum Gasteiger partial charge on any atom is 0.0813 e. The Morgan fingerprint density at radius 2 is 2.08 bits per heavy atom. The largest absolute Gasteiger partial charge is 0.382 e. The molecular weight excluding hydrogens is 152 g/mol. The molecule has 0 aromatic rings. The summed E-state index contributed by atoms with van der Waals surface area (Å²) in [4.78, 5) is 0. The smallest absolute Gasteiger partial charge is 0.0813 e. The van der Waals surface area contributed by atoms with Crippen molar-refractivity contribution in [1.29, 1.82) is 0 Å². The third kappa shape index (κ3) is 3.11. The SMILES string of the molecule is CCCCC1CCC(COC)O1. The molecule has 72 valence electrons. The highest BCUT2D eigenvalue weighted by atomic mass is 16.5. The van der Waals surface area contributed by atoms with Gasteiger partial charge in [0.15, 0.2) is 0 Å². The summed E-state index contributed by atoms with van der Waals surface area (Å²) in [5.41, 5.74) is 0. The molecule has 2 nitrogen and oxygen atoms in total. The van der Waals surface area contributed by atoms with Crippen molar-refractivity contribution in [3.8, 4) is 0 Å². The minimum absolute atomic E-state index is 0.372. The summed E-state index contributed by atoms with van der Waals surface area (Å²) in [6.45, 7) is 2.99. The van der Waals surface area contributed by atoms with Crippen LogP contribution in [-0.2, 0) is 9.47 Å². The number of unbranched alkanes of at least 4 members (excludes halogenated alkanes) is 1. The van der Waals surface area contributed by atoms with Gasteiger partial charge in [0.25, 0.3) is 0 Å². The Morgan fingerprint density at radius 1 is 1.33 bits per heavy atom. The fourth-order valence-corrected chi connectivity index (χ4v) is 1.73. The Bertz CT molecular complexity index is 114. The highest BCUT2D eigenvalue weighted by molar-refractivity contribution is 4.72. The van der Waals surface area contributed by atoms with Gasteiger partial charge in [-0.1, -0.05) is 19.8 Å². The van der Waals surface area contributed by atoms with Gasteiger partial charge >= 0.3 is 0 Å². The van der Waals surface area contributed by atoms with Crippen molar-refractivity contribution in [2.45, 2.75) is 51.2 Å². The Morgan fingerprint density at radius 3 is 2.75 bits per heavy atom. The molecule has 2 heteroatoms. The Labute approximate surface area is 75.2 Å². The zero-order chi connectivity index (χ0) is 8.81. The van der Waals surface area contributed by atoms with Crippen LogP contribution in [0.1, 0.15) is 39.0 Å². The first kappa shape index (κ1) is 10.0. The molecule has 1 fully saturated rings. The van der Waals surface area contributed by atoms with Crippen LogP contribution in [0.25, 0.3) is 0 Å². The second-order valence-electron chi connectivity index (χ2n) is 3.56. The fourth-order valence-electron chi connectivity index (χ4n) is 1.73. The summed E-state index contributed by atoms with van der Waals surface area (Å²) in [7, 11) is 1.74. The fraction of sp³-hybridized carbons (Fsp3) is 1.00. The predicted molar refractivity (Wildman–Crippen MR) is 49.3 cm³/mol. The molecule has 12 heavy (non-hydrogen) atoms. The number of ether oxygens (including phenoxy) is 2. The normalized spacial score (nSPS) is 29.5. The third-order valence-electron chi connectivity index (χ3n) is 2.43. The molecule has 0 radical (unpaired) electrons. The molecule has 0 amide bonds. The Hall–Kier alpha value is -0.0800. The van der Waals surface area contributed by atoms with E-state index in [-0.39, 0.29) is 0 Å². The Kier molecular flexibility index (Phi) is 4.62. The third-order valence-corrected chi connectivity index (χ3v) is 2.43. The summed E-state index contributed by atoms with van der Waals surface area (Å²) < 4.78 is 10.8. The lowest BCUT2D eigenvalue weighted by molar-refractivity contribution is -0.00471. The number of rotatable bonds is 5. The average molecular weight is 172 g/mol. The highest BCUT2D eigenvalue weighted by Gasteiger charge is 2.24. The minimum Gasteiger partial charge on any atom is -0.382 e. The maximum absolute atomic E-state index is 5.78. The van der Waals surface area contributed by atoms with E-state index in [0.29, 0.717) is 12.2 Å². The van der Waals surface area contributed by atoms with Crippen LogP contribution < -0.4 is 0 Å². The van der Waals surface area contributed by atoms with Crippen molar-refractivity contribution in [2.75, 3.05) is 13.7 Å². The van der Waals surface area contributed by atoms with Crippen molar-refractivity contribution in [1.82, 2.24) is 0 Å². The number of hydrogen-bond donors (Lipinski definition) is 0. The van der Waals surface area contributed by atoms with Gasteiger partial charge < -0.3 is 9.47 Å². The van der Waals surface area contributed by atoms with Gasteiger partial charge in [-0.25, -0.2) is 0 Å². The monoisotopic (exact) mass is 172 g/mol. The molecule has 1 aliphatic heterocycles. The molecule has 0 aromatic heterocycles. The van der Waals surface area contributed by atoms with Crippen molar-refractivity contribution in [2.24, 2.45) is 0 Å². The van der Waals surface area contributed by atoms with Gasteiger partial charge in [-0.3, -0.25) is 0 Å². The molecule has 1 aliphatic rings. The zero-order valence-electron chi connectivity index (χ0n) is 8.21. The first-order valence-corrected chi connectivity index (χ1v) is 5.01. The summed E-state index contributed by atoms with van der Waals surface area (Å²) >= 11 is 0. The lowest BCUT2D eigenvalue weighted by atomic mass is 10.1. The molecule has 0 spiro atoms. The van der Waals surface area contributed by atoms with E-state index in [1.165, 1.54) is 32.1 Å². The average Bonchev–Trinajstić information content (AvgIpc) is 2.50. The van der Waals surface area contributed by atoms with Gasteiger partial charge in [-0.05, 0) is 19.3 Å². The van der Waals surface area contributed by atoms with Crippen LogP contribution in [0, 0.1) is 0 Å². The first-order chi connectivity index (χ1) is 5.86. The summed E-state index contributed by atoms with van der Waals surface area (Å²) in [5, 5.41) is 0. The standard InChI is InChI=1S/C10H20O2/c1-3-4-5-9-6-7-10(12-9)8-11-2/h9-10H,3-8H2,1-2H3. The van der Waals surface area contributed by atoms with E-state index in [1.54, 1.807) is 7.11 Å². The molecule has 0 N–H and O–H groups in total. The lowest BCUT2D eigenvalue weighted by Gasteiger charge is -2.12. The van der Waals surface area contributed by atoms with Crippen LogP contribution in [0.3, 0.4) is 0 Å². The van der Waals surface area contributed by atoms with Crippen molar-refractivity contribution in [3.05, 3.63) is 0 Å². The van der Waals surface area contributed by atoms with E-state index in [9.17, 15) is 0 Å². The molecule has 1 saturated heterocycles. The first-order valence-electron chi connectivity index (χ1n) is 5.01. The molecule has 0 bridgehead atoms. The molecule has 1 rings (SSSR count).